The number of hydrogen-bond donors (Lipinski definition) is 0. The number of halogens is 1. The molecule has 9 heteroatoms. The Morgan fingerprint density at radius 3 is 2.31 bits per heavy atom. The van der Waals surface area contributed by atoms with Crippen molar-refractivity contribution in [1.82, 2.24) is 24.8 Å². The van der Waals surface area contributed by atoms with E-state index in [1.54, 1.807) is 12.1 Å². The summed E-state index contributed by atoms with van der Waals surface area (Å²) in [6.45, 7) is 5.09. The van der Waals surface area contributed by atoms with Gasteiger partial charge in [0.15, 0.2) is 0 Å². The maximum absolute atomic E-state index is 12.6. The molecular weight excluding hydrogens is 430 g/mol. The minimum absolute atomic E-state index is 0.143. The van der Waals surface area contributed by atoms with E-state index in [9.17, 15) is 9.59 Å². The van der Waals surface area contributed by atoms with E-state index in [1.165, 1.54) is 6.42 Å². The number of benzene rings is 1. The van der Waals surface area contributed by atoms with Gasteiger partial charge in [-0.05, 0) is 49.9 Å². The number of carbonyl (C=O) groups is 2. The van der Waals surface area contributed by atoms with Gasteiger partial charge in [-0.1, -0.05) is 16.8 Å². The number of amides is 2. The Hall–Kier alpha value is -2.45. The smallest absolute Gasteiger partial charge is 0.236 e. The molecule has 2 aliphatic rings. The third-order valence-electron chi connectivity index (χ3n) is 6.14. The Kier molecular flexibility index (Phi) is 7.76. The number of piperazine rings is 1. The van der Waals surface area contributed by atoms with Crippen LogP contribution in [-0.2, 0) is 16.0 Å². The first kappa shape index (κ1) is 22.7. The van der Waals surface area contributed by atoms with Crippen molar-refractivity contribution < 1.29 is 14.1 Å². The van der Waals surface area contributed by atoms with Crippen LogP contribution in [0.2, 0.25) is 5.02 Å². The molecule has 1 aromatic heterocycles. The van der Waals surface area contributed by atoms with Gasteiger partial charge in [-0.15, -0.1) is 0 Å². The quantitative estimate of drug-likeness (QED) is 0.633. The number of aryl methyl sites for hydroxylation is 1. The standard InChI is InChI=1S/C23H30ClN5O3/c24-19-9-7-18(8-10-19)23-25-20(32-26-23)5-4-6-21(30)29-15-13-27(14-16-29)17-22(31)28-11-2-1-3-12-28/h7-10H,1-6,11-17H2. The van der Waals surface area contributed by atoms with Crippen LogP contribution < -0.4 is 0 Å². The van der Waals surface area contributed by atoms with Crippen LogP contribution in [0.5, 0.6) is 0 Å². The van der Waals surface area contributed by atoms with E-state index < -0.39 is 0 Å². The lowest BCUT2D eigenvalue weighted by atomic mass is 10.1. The summed E-state index contributed by atoms with van der Waals surface area (Å²) in [5, 5.41) is 4.67. The van der Waals surface area contributed by atoms with Crippen LogP contribution in [0.25, 0.3) is 11.4 Å². The van der Waals surface area contributed by atoms with Crippen LogP contribution in [0.15, 0.2) is 28.8 Å². The first-order chi connectivity index (χ1) is 15.6. The zero-order valence-corrected chi connectivity index (χ0v) is 19.1. The number of rotatable bonds is 7. The largest absolute Gasteiger partial charge is 0.342 e. The average molecular weight is 460 g/mol. The van der Waals surface area contributed by atoms with Crippen molar-refractivity contribution in [3.63, 3.8) is 0 Å². The molecule has 1 aromatic carbocycles. The summed E-state index contributed by atoms with van der Waals surface area (Å²) in [6.07, 6.45) is 5.12. The van der Waals surface area contributed by atoms with Crippen molar-refractivity contribution >= 4 is 23.4 Å². The molecule has 0 atom stereocenters. The van der Waals surface area contributed by atoms with E-state index in [0.717, 1.165) is 44.6 Å². The van der Waals surface area contributed by atoms with E-state index >= 15 is 0 Å². The lowest BCUT2D eigenvalue weighted by Gasteiger charge is -2.36. The van der Waals surface area contributed by atoms with Crippen LogP contribution in [-0.4, -0.2) is 82.5 Å². The second-order valence-corrected chi connectivity index (χ2v) is 8.91. The van der Waals surface area contributed by atoms with E-state index in [0.29, 0.717) is 55.6 Å². The molecular formula is C23H30ClN5O3. The highest BCUT2D eigenvalue weighted by molar-refractivity contribution is 6.30. The van der Waals surface area contributed by atoms with Crippen LogP contribution in [0.1, 0.15) is 38.0 Å². The Bertz CT molecular complexity index is 903. The Morgan fingerprint density at radius 1 is 0.906 bits per heavy atom. The van der Waals surface area contributed by atoms with E-state index in [-0.39, 0.29) is 11.8 Å². The van der Waals surface area contributed by atoms with Gasteiger partial charge < -0.3 is 14.3 Å². The molecule has 172 valence electrons. The van der Waals surface area contributed by atoms with Crippen molar-refractivity contribution in [2.75, 3.05) is 45.8 Å². The molecule has 0 spiro atoms. The van der Waals surface area contributed by atoms with Gasteiger partial charge in [0.05, 0.1) is 6.54 Å². The van der Waals surface area contributed by atoms with Crippen molar-refractivity contribution in [3.05, 3.63) is 35.2 Å². The molecule has 0 unspecified atom stereocenters. The summed E-state index contributed by atoms with van der Waals surface area (Å²) in [7, 11) is 0. The molecule has 0 N–H and O–H groups in total. The molecule has 2 amide bonds. The van der Waals surface area contributed by atoms with Crippen molar-refractivity contribution in [2.24, 2.45) is 0 Å². The fourth-order valence-electron chi connectivity index (χ4n) is 4.21. The van der Waals surface area contributed by atoms with Crippen LogP contribution in [0, 0.1) is 0 Å². The van der Waals surface area contributed by atoms with Gasteiger partial charge in [0.2, 0.25) is 23.5 Å². The molecule has 2 aromatic rings. The summed E-state index contributed by atoms with van der Waals surface area (Å²) >= 11 is 5.91. The number of aromatic nitrogens is 2. The highest BCUT2D eigenvalue weighted by Gasteiger charge is 2.24. The lowest BCUT2D eigenvalue weighted by Crippen LogP contribution is -2.52. The fourth-order valence-corrected chi connectivity index (χ4v) is 4.34. The molecule has 3 heterocycles. The summed E-state index contributed by atoms with van der Waals surface area (Å²) in [5.74, 6) is 1.42. The van der Waals surface area contributed by atoms with Crippen LogP contribution in [0.4, 0.5) is 0 Å². The predicted octanol–water partition coefficient (Wildman–Crippen LogP) is 2.87. The van der Waals surface area contributed by atoms with Gasteiger partial charge >= 0.3 is 0 Å². The van der Waals surface area contributed by atoms with E-state index in [4.69, 9.17) is 16.1 Å². The van der Waals surface area contributed by atoms with E-state index in [2.05, 4.69) is 15.0 Å². The summed E-state index contributed by atoms with van der Waals surface area (Å²) in [4.78, 5) is 35.5. The number of piperidine rings is 1. The monoisotopic (exact) mass is 459 g/mol. The number of nitrogens with zero attached hydrogens (tertiary/aromatic N) is 5. The van der Waals surface area contributed by atoms with E-state index in [1.807, 2.05) is 21.9 Å². The van der Waals surface area contributed by atoms with Gasteiger partial charge in [-0.2, -0.15) is 4.98 Å². The molecule has 0 radical (unpaired) electrons. The Balaban J connectivity index is 1.16. The number of carbonyl (C=O) groups excluding carboxylic acids is 2. The first-order valence-corrected chi connectivity index (χ1v) is 11.8. The number of hydrogen-bond acceptors (Lipinski definition) is 6. The molecule has 8 nitrogen and oxygen atoms in total. The zero-order valence-electron chi connectivity index (χ0n) is 18.3. The SMILES string of the molecule is O=C(CCCc1nc(-c2ccc(Cl)cc2)no1)N1CCN(CC(=O)N2CCCCC2)CC1. The minimum atomic E-state index is 0.143. The summed E-state index contributed by atoms with van der Waals surface area (Å²) in [6, 6.07) is 7.27. The second kappa shape index (κ2) is 10.9. The third-order valence-corrected chi connectivity index (χ3v) is 6.40. The van der Waals surface area contributed by atoms with Gasteiger partial charge in [-0.3, -0.25) is 14.5 Å². The normalized spacial score (nSPS) is 17.5. The molecule has 32 heavy (non-hydrogen) atoms. The molecule has 2 aliphatic heterocycles. The van der Waals surface area contributed by atoms with Gasteiger partial charge in [-0.25, -0.2) is 0 Å². The molecule has 4 rings (SSSR count). The molecule has 0 saturated carbocycles. The highest BCUT2D eigenvalue weighted by Crippen LogP contribution is 2.19. The topological polar surface area (TPSA) is 82.8 Å². The van der Waals surface area contributed by atoms with Crippen LogP contribution >= 0.6 is 11.6 Å². The maximum Gasteiger partial charge on any atom is 0.236 e. The van der Waals surface area contributed by atoms with Gasteiger partial charge in [0.1, 0.15) is 0 Å². The maximum atomic E-state index is 12.6. The lowest BCUT2D eigenvalue weighted by molar-refractivity contribution is -0.135. The fraction of sp³-hybridized carbons (Fsp3) is 0.565. The Labute approximate surface area is 193 Å². The van der Waals surface area contributed by atoms with Gasteiger partial charge in [0.25, 0.3) is 0 Å². The second-order valence-electron chi connectivity index (χ2n) is 8.47. The highest BCUT2D eigenvalue weighted by atomic mass is 35.5. The predicted molar refractivity (Wildman–Crippen MR) is 121 cm³/mol. The average Bonchev–Trinajstić information content (AvgIpc) is 3.29. The summed E-state index contributed by atoms with van der Waals surface area (Å²) < 4.78 is 5.32. The molecule has 2 saturated heterocycles. The van der Waals surface area contributed by atoms with Crippen molar-refractivity contribution in [1.29, 1.82) is 0 Å². The first-order valence-electron chi connectivity index (χ1n) is 11.4. The third kappa shape index (κ3) is 6.07. The zero-order chi connectivity index (χ0) is 22.3. The van der Waals surface area contributed by atoms with Gasteiger partial charge in [0, 0.05) is 62.7 Å². The van der Waals surface area contributed by atoms with Crippen LogP contribution in [0.3, 0.4) is 0 Å². The molecule has 0 aliphatic carbocycles. The Morgan fingerprint density at radius 2 is 1.59 bits per heavy atom. The molecule has 0 bridgehead atoms. The van der Waals surface area contributed by atoms with Crippen molar-refractivity contribution in [2.45, 2.75) is 38.5 Å². The van der Waals surface area contributed by atoms with Crippen molar-refractivity contribution in [3.8, 4) is 11.4 Å². The molecule has 2 fully saturated rings. The minimum Gasteiger partial charge on any atom is -0.342 e. The number of likely N-dealkylation sites (tertiary alicyclic amines) is 1. The summed E-state index contributed by atoms with van der Waals surface area (Å²) in [5.41, 5.74) is 0.845.